The summed E-state index contributed by atoms with van der Waals surface area (Å²) in [5, 5.41) is 7.60. The van der Waals surface area contributed by atoms with Gasteiger partial charge in [-0.15, -0.1) is 11.3 Å². The lowest BCUT2D eigenvalue weighted by atomic mass is 9.98. The van der Waals surface area contributed by atoms with Crippen LogP contribution in [0.25, 0.3) is 0 Å². The van der Waals surface area contributed by atoms with E-state index < -0.39 is 0 Å². The molecule has 2 N–H and O–H groups in total. The summed E-state index contributed by atoms with van der Waals surface area (Å²) in [6.07, 6.45) is 0.253. The van der Waals surface area contributed by atoms with Gasteiger partial charge in [0.1, 0.15) is 0 Å². The van der Waals surface area contributed by atoms with E-state index in [0.29, 0.717) is 17.3 Å². The van der Waals surface area contributed by atoms with Gasteiger partial charge in [-0.3, -0.25) is 9.59 Å². The highest BCUT2D eigenvalue weighted by molar-refractivity contribution is 7.12. The zero-order valence-electron chi connectivity index (χ0n) is 13.7. The molecule has 0 saturated carbocycles. The van der Waals surface area contributed by atoms with Crippen molar-refractivity contribution in [3.8, 4) is 0 Å². The lowest BCUT2D eigenvalue weighted by molar-refractivity contribution is -0.116. The maximum absolute atomic E-state index is 12.1. The minimum absolute atomic E-state index is 0.0901. The first-order chi connectivity index (χ1) is 11.0. The molecule has 2 rings (SSSR count). The smallest absolute Gasteiger partial charge is 0.261 e. The zero-order chi connectivity index (χ0) is 16.8. The Bertz CT molecular complexity index is 678. The van der Waals surface area contributed by atoms with Crippen LogP contribution >= 0.6 is 11.3 Å². The summed E-state index contributed by atoms with van der Waals surface area (Å²) >= 11 is 1.39. The molecule has 2 amide bonds. The van der Waals surface area contributed by atoms with Gasteiger partial charge < -0.3 is 10.6 Å². The Morgan fingerprint density at radius 2 is 1.96 bits per heavy atom. The molecule has 0 atom stereocenters. The monoisotopic (exact) mass is 330 g/mol. The lowest BCUT2D eigenvalue weighted by Crippen LogP contribution is -2.27. The van der Waals surface area contributed by atoms with Gasteiger partial charge in [-0.2, -0.15) is 0 Å². The number of aryl methyl sites for hydroxylation is 1. The van der Waals surface area contributed by atoms with Crippen molar-refractivity contribution in [2.75, 3.05) is 11.9 Å². The average Bonchev–Trinajstić information content (AvgIpc) is 3.03. The molecular weight excluding hydrogens is 308 g/mol. The molecule has 0 aliphatic rings. The van der Waals surface area contributed by atoms with E-state index in [9.17, 15) is 9.59 Å². The molecular formula is C18H22N2O2S. The molecule has 1 aromatic carbocycles. The quantitative estimate of drug-likeness (QED) is 0.843. The van der Waals surface area contributed by atoms with Crippen molar-refractivity contribution in [3.63, 3.8) is 0 Å². The summed E-state index contributed by atoms with van der Waals surface area (Å²) in [7, 11) is 0. The second kappa shape index (κ2) is 7.92. The minimum Gasteiger partial charge on any atom is -0.351 e. The Balaban J connectivity index is 1.89. The molecule has 1 heterocycles. The van der Waals surface area contributed by atoms with Crippen LogP contribution in [0.5, 0.6) is 0 Å². The Hall–Kier alpha value is -2.14. The highest BCUT2D eigenvalue weighted by Crippen LogP contribution is 2.27. The summed E-state index contributed by atoms with van der Waals surface area (Å²) in [5.41, 5.74) is 3.06. The van der Waals surface area contributed by atoms with E-state index in [-0.39, 0.29) is 18.2 Å². The van der Waals surface area contributed by atoms with Crippen molar-refractivity contribution in [2.45, 2.75) is 33.1 Å². The van der Waals surface area contributed by atoms with Gasteiger partial charge in [-0.25, -0.2) is 0 Å². The fourth-order valence-electron chi connectivity index (χ4n) is 2.33. The van der Waals surface area contributed by atoms with Crippen molar-refractivity contribution >= 4 is 28.8 Å². The molecule has 0 fully saturated rings. The Kier molecular flexibility index (Phi) is 5.93. The van der Waals surface area contributed by atoms with Crippen LogP contribution < -0.4 is 10.6 Å². The van der Waals surface area contributed by atoms with Crippen LogP contribution in [0.2, 0.25) is 0 Å². The van der Waals surface area contributed by atoms with Crippen LogP contribution in [0.1, 0.15) is 47.0 Å². The number of thiophene rings is 1. The number of carbonyl (C=O) groups excluding carboxylic acids is 2. The number of rotatable bonds is 6. The maximum Gasteiger partial charge on any atom is 0.261 e. The molecule has 5 heteroatoms. The van der Waals surface area contributed by atoms with Crippen molar-refractivity contribution < 1.29 is 9.59 Å². The molecule has 0 bridgehead atoms. The first-order valence-electron chi connectivity index (χ1n) is 7.70. The fourth-order valence-corrected chi connectivity index (χ4v) is 2.97. The molecule has 23 heavy (non-hydrogen) atoms. The number of benzene rings is 1. The molecule has 0 aliphatic heterocycles. The van der Waals surface area contributed by atoms with Crippen LogP contribution in [0, 0.1) is 6.92 Å². The number of hydrogen-bond donors (Lipinski definition) is 2. The number of carbonyl (C=O) groups is 2. The van der Waals surface area contributed by atoms with Gasteiger partial charge in [-0.1, -0.05) is 38.1 Å². The third-order valence-corrected chi connectivity index (χ3v) is 4.44. The molecule has 0 aliphatic carbocycles. The molecule has 0 spiro atoms. The second-order valence-corrected chi connectivity index (χ2v) is 6.67. The van der Waals surface area contributed by atoms with Gasteiger partial charge in [0.2, 0.25) is 5.91 Å². The predicted octanol–water partition coefficient (Wildman–Crippen LogP) is 3.94. The molecule has 0 saturated heterocycles. The molecule has 1 aromatic heterocycles. The minimum atomic E-state index is -0.133. The normalized spacial score (nSPS) is 10.6. The molecule has 2 aromatic rings. The third kappa shape index (κ3) is 4.66. The van der Waals surface area contributed by atoms with E-state index in [2.05, 4.69) is 24.5 Å². The number of hydrogen-bond acceptors (Lipinski definition) is 3. The zero-order valence-corrected chi connectivity index (χ0v) is 14.5. The van der Waals surface area contributed by atoms with Crippen LogP contribution in [-0.2, 0) is 4.79 Å². The predicted molar refractivity (Wildman–Crippen MR) is 95.2 cm³/mol. The topological polar surface area (TPSA) is 58.2 Å². The Morgan fingerprint density at radius 3 is 2.61 bits per heavy atom. The summed E-state index contributed by atoms with van der Waals surface area (Å²) in [6.45, 7) is 6.52. The van der Waals surface area contributed by atoms with Gasteiger partial charge >= 0.3 is 0 Å². The van der Waals surface area contributed by atoms with Crippen molar-refractivity contribution in [1.29, 1.82) is 0 Å². The second-order valence-electron chi connectivity index (χ2n) is 5.73. The van der Waals surface area contributed by atoms with E-state index in [4.69, 9.17) is 0 Å². The average molecular weight is 330 g/mol. The van der Waals surface area contributed by atoms with Crippen molar-refractivity contribution in [1.82, 2.24) is 5.32 Å². The standard InChI is InChI=1S/C18H22N2O2S/c1-12(2)14-7-4-6-13(3)17(14)20-16(21)9-10-19-18(22)15-8-5-11-23-15/h4-8,11-12H,9-10H2,1-3H3,(H,19,22)(H,20,21). The Morgan fingerprint density at radius 1 is 1.17 bits per heavy atom. The van der Waals surface area contributed by atoms with E-state index in [1.807, 2.05) is 36.6 Å². The lowest BCUT2D eigenvalue weighted by Gasteiger charge is -2.16. The Labute approximate surface area is 140 Å². The number of para-hydroxylation sites is 1. The highest BCUT2D eigenvalue weighted by Gasteiger charge is 2.12. The van der Waals surface area contributed by atoms with Gasteiger partial charge in [0.15, 0.2) is 0 Å². The van der Waals surface area contributed by atoms with Gasteiger partial charge in [0.25, 0.3) is 5.91 Å². The molecule has 4 nitrogen and oxygen atoms in total. The summed E-state index contributed by atoms with van der Waals surface area (Å²) < 4.78 is 0. The van der Waals surface area contributed by atoms with Crippen molar-refractivity contribution in [3.05, 3.63) is 51.7 Å². The van der Waals surface area contributed by atoms with E-state index in [1.165, 1.54) is 11.3 Å². The van der Waals surface area contributed by atoms with E-state index >= 15 is 0 Å². The van der Waals surface area contributed by atoms with Gasteiger partial charge in [-0.05, 0) is 35.4 Å². The first-order valence-corrected chi connectivity index (χ1v) is 8.58. The molecule has 0 unspecified atom stereocenters. The first kappa shape index (κ1) is 17.2. The van der Waals surface area contributed by atoms with Crippen LogP contribution in [-0.4, -0.2) is 18.4 Å². The number of nitrogens with one attached hydrogen (secondary N) is 2. The van der Waals surface area contributed by atoms with Crippen LogP contribution in [0.15, 0.2) is 35.7 Å². The SMILES string of the molecule is Cc1cccc(C(C)C)c1NC(=O)CCNC(=O)c1cccs1. The summed E-state index contributed by atoms with van der Waals surface area (Å²) in [4.78, 5) is 24.6. The largest absolute Gasteiger partial charge is 0.351 e. The fraction of sp³-hybridized carbons (Fsp3) is 0.333. The number of anilines is 1. The van der Waals surface area contributed by atoms with Gasteiger partial charge in [0, 0.05) is 18.7 Å². The van der Waals surface area contributed by atoms with E-state index in [0.717, 1.165) is 16.8 Å². The third-order valence-electron chi connectivity index (χ3n) is 3.57. The maximum atomic E-state index is 12.1. The van der Waals surface area contributed by atoms with E-state index in [1.54, 1.807) is 6.07 Å². The summed E-state index contributed by atoms with van der Waals surface area (Å²) in [6, 6.07) is 9.62. The summed E-state index contributed by atoms with van der Waals surface area (Å²) in [5.74, 6) is 0.114. The van der Waals surface area contributed by atoms with Crippen LogP contribution in [0.4, 0.5) is 5.69 Å². The van der Waals surface area contributed by atoms with Crippen molar-refractivity contribution in [2.24, 2.45) is 0 Å². The molecule has 0 radical (unpaired) electrons. The molecule has 122 valence electrons. The van der Waals surface area contributed by atoms with Crippen LogP contribution in [0.3, 0.4) is 0 Å². The number of amides is 2. The highest BCUT2D eigenvalue weighted by atomic mass is 32.1. The van der Waals surface area contributed by atoms with Gasteiger partial charge in [0.05, 0.1) is 4.88 Å².